The normalized spacial score (nSPS) is 11.3. The zero-order valence-corrected chi connectivity index (χ0v) is 13.4. The molecule has 0 saturated heterocycles. The Hall–Kier alpha value is -2.34. The number of carbonyl (C=O) groups is 1. The Balaban J connectivity index is 2.18. The number of likely N-dealkylation sites (N-methyl/N-ethyl adjacent to an activating group) is 1. The molecule has 2 amide bonds. The van der Waals surface area contributed by atoms with Crippen molar-refractivity contribution in [2.24, 2.45) is 0 Å². The smallest absolute Gasteiger partial charge is 0.321 e. The number of carbonyl (C=O) groups excluding carboxylic acids is 1. The van der Waals surface area contributed by atoms with E-state index in [1.807, 2.05) is 43.5 Å². The van der Waals surface area contributed by atoms with Crippen LogP contribution in [0.2, 0.25) is 0 Å². The van der Waals surface area contributed by atoms with Gasteiger partial charge in [-0.1, -0.05) is 12.1 Å². The summed E-state index contributed by atoms with van der Waals surface area (Å²) in [4.78, 5) is 13.7. The van der Waals surface area contributed by atoms with Gasteiger partial charge in [-0.2, -0.15) is 5.10 Å². The van der Waals surface area contributed by atoms with Crippen molar-refractivity contribution in [1.29, 1.82) is 0 Å². The maximum absolute atomic E-state index is 12.3. The SMILES string of the molecule is Cc1ccn(-c2ccccc2NC(=O)N(C)CC(C)(C)O)n1. The standard InChI is InChI=1S/C16H22N4O2/c1-12-9-10-20(18-12)14-8-6-5-7-13(14)17-15(21)19(4)11-16(2,3)22/h5-10,22H,11H2,1-4H3,(H,17,21). The molecule has 0 aliphatic carbocycles. The first kappa shape index (κ1) is 16.0. The van der Waals surface area contributed by atoms with Gasteiger partial charge in [-0.05, 0) is 39.0 Å². The molecular weight excluding hydrogens is 280 g/mol. The lowest BCUT2D eigenvalue weighted by Crippen LogP contribution is -2.41. The Kier molecular flexibility index (Phi) is 4.51. The summed E-state index contributed by atoms with van der Waals surface area (Å²) in [6, 6.07) is 9.08. The van der Waals surface area contributed by atoms with Gasteiger partial charge in [0, 0.05) is 13.2 Å². The first-order valence-corrected chi connectivity index (χ1v) is 7.12. The highest BCUT2D eigenvalue weighted by Gasteiger charge is 2.20. The molecule has 0 spiro atoms. The minimum atomic E-state index is -0.940. The van der Waals surface area contributed by atoms with Crippen LogP contribution >= 0.6 is 0 Å². The number of hydrogen-bond acceptors (Lipinski definition) is 3. The fourth-order valence-corrected chi connectivity index (χ4v) is 2.19. The van der Waals surface area contributed by atoms with Gasteiger partial charge < -0.3 is 15.3 Å². The molecule has 0 aliphatic heterocycles. The molecule has 6 heteroatoms. The fraction of sp³-hybridized carbons (Fsp3) is 0.375. The number of aryl methyl sites for hydroxylation is 1. The van der Waals surface area contributed by atoms with Gasteiger partial charge in [-0.3, -0.25) is 0 Å². The molecule has 1 aromatic heterocycles. The van der Waals surface area contributed by atoms with Crippen LogP contribution in [0, 0.1) is 6.92 Å². The maximum atomic E-state index is 12.3. The maximum Gasteiger partial charge on any atom is 0.321 e. The predicted molar refractivity (Wildman–Crippen MR) is 86.2 cm³/mol. The lowest BCUT2D eigenvalue weighted by atomic mass is 10.1. The lowest BCUT2D eigenvalue weighted by Gasteiger charge is -2.26. The van der Waals surface area contributed by atoms with Gasteiger partial charge in [0.05, 0.1) is 29.2 Å². The molecule has 0 radical (unpaired) electrons. The average Bonchev–Trinajstić information content (AvgIpc) is 2.84. The van der Waals surface area contributed by atoms with E-state index in [1.54, 1.807) is 25.6 Å². The molecular formula is C16H22N4O2. The van der Waals surface area contributed by atoms with E-state index in [0.29, 0.717) is 5.69 Å². The van der Waals surface area contributed by atoms with E-state index in [1.165, 1.54) is 4.90 Å². The number of para-hydroxylation sites is 2. The number of rotatable bonds is 4. The highest BCUT2D eigenvalue weighted by Crippen LogP contribution is 2.20. The van der Waals surface area contributed by atoms with Crippen LogP contribution in [0.5, 0.6) is 0 Å². The van der Waals surface area contributed by atoms with Crippen LogP contribution in [0.15, 0.2) is 36.5 Å². The topological polar surface area (TPSA) is 70.4 Å². The molecule has 118 valence electrons. The molecule has 1 heterocycles. The van der Waals surface area contributed by atoms with Gasteiger partial charge in [0.25, 0.3) is 0 Å². The van der Waals surface area contributed by atoms with Crippen molar-refractivity contribution in [3.63, 3.8) is 0 Å². The summed E-state index contributed by atoms with van der Waals surface area (Å²) in [5.74, 6) is 0. The van der Waals surface area contributed by atoms with Gasteiger partial charge in [0.15, 0.2) is 0 Å². The number of hydrogen-bond donors (Lipinski definition) is 2. The second-order valence-electron chi connectivity index (χ2n) is 6.02. The fourth-order valence-electron chi connectivity index (χ4n) is 2.19. The molecule has 0 bridgehead atoms. The van der Waals surface area contributed by atoms with Crippen molar-refractivity contribution in [3.05, 3.63) is 42.2 Å². The molecule has 0 aliphatic rings. The molecule has 0 fully saturated rings. The van der Waals surface area contributed by atoms with Crippen LogP contribution in [0.25, 0.3) is 5.69 Å². The molecule has 2 aromatic rings. The van der Waals surface area contributed by atoms with Gasteiger partial charge in [-0.15, -0.1) is 0 Å². The van der Waals surface area contributed by atoms with Crippen molar-refractivity contribution in [3.8, 4) is 5.69 Å². The minimum Gasteiger partial charge on any atom is -0.389 e. The molecule has 6 nitrogen and oxygen atoms in total. The van der Waals surface area contributed by atoms with Crippen LogP contribution in [-0.2, 0) is 0 Å². The van der Waals surface area contributed by atoms with E-state index >= 15 is 0 Å². The van der Waals surface area contributed by atoms with Crippen LogP contribution in [0.4, 0.5) is 10.5 Å². The monoisotopic (exact) mass is 302 g/mol. The molecule has 0 unspecified atom stereocenters. The molecule has 2 N–H and O–H groups in total. The zero-order chi connectivity index (χ0) is 16.3. The number of nitrogens with one attached hydrogen (secondary N) is 1. The van der Waals surface area contributed by atoms with E-state index in [4.69, 9.17) is 0 Å². The molecule has 0 atom stereocenters. The number of benzene rings is 1. The minimum absolute atomic E-state index is 0.238. The first-order chi connectivity index (χ1) is 10.3. The quantitative estimate of drug-likeness (QED) is 0.911. The average molecular weight is 302 g/mol. The molecule has 1 aromatic carbocycles. The largest absolute Gasteiger partial charge is 0.389 e. The highest BCUT2D eigenvalue weighted by atomic mass is 16.3. The van der Waals surface area contributed by atoms with Crippen LogP contribution in [-0.4, -0.2) is 45.0 Å². The third kappa shape index (κ3) is 4.08. The van der Waals surface area contributed by atoms with Crippen molar-refractivity contribution in [2.75, 3.05) is 18.9 Å². The van der Waals surface area contributed by atoms with Crippen molar-refractivity contribution in [2.45, 2.75) is 26.4 Å². The van der Waals surface area contributed by atoms with Crippen LogP contribution < -0.4 is 5.32 Å². The summed E-state index contributed by atoms with van der Waals surface area (Å²) in [6.45, 7) is 5.48. The van der Waals surface area contributed by atoms with E-state index in [9.17, 15) is 9.90 Å². The third-order valence-corrected chi connectivity index (χ3v) is 3.09. The zero-order valence-electron chi connectivity index (χ0n) is 13.4. The second kappa shape index (κ2) is 6.19. The Morgan fingerprint density at radius 1 is 1.36 bits per heavy atom. The number of nitrogens with zero attached hydrogens (tertiary/aromatic N) is 3. The Morgan fingerprint density at radius 2 is 2.05 bits per heavy atom. The summed E-state index contributed by atoms with van der Waals surface area (Å²) < 4.78 is 1.72. The molecule has 0 saturated carbocycles. The van der Waals surface area contributed by atoms with E-state index in [-0.39, 0.29) is 12.6 Å². The Labute approximate surface area is 130 Å². The lowest BCUT2D eigenvalue weighted by molar-refractivity contribution is 0.0550. The van der Waals surface area contributed by atoms with E-state index in [0.717, 1.165) is 11.4 Å². The van der Waals surface area contributed by atoms with Crippen molar-refractivity contribution >= 4 is 11.7 Å². The Bertz CT molecular complexity index is 658. The van der Waals surface area contributed by atoms with Crippen molar-refractivity contribution < 1.29 is 9.90 Å². The van der Waals surface area contributed by atoms with Gasteiger partial charge in [0.2, 0.25) is 0 Å². The molecule has 2 rings (SSSR count). The van der Waals surface area contributed by atoms with Crippen molar-refractivity contribution in [1.82, 2.24) is 14.7 Å². The van der Waals surface area contributed by atoms with E-state index < -0.39 is 5.60 Å². The number of aliphatic hydroxyl groups is 1. The Morgan fingerprint density at radius 3 is 2.64 bits per heavy atom. The predicted octanol–water partition coefficient (Wildman–Crippen LogP) is 2.42. The number of anilines is 1. The highest BCUT2D eigenvalue weighted by molar-refractivity contribution is 5.91. The number of amides is 2. The summed E-state index contributed by atoms with van der Waals surface area (Å²) in [6.07, 6.45) is 1.85. The second-order valence-corrected chi connectivity index (χ2v) is 6.02. The van der Waals surface area contributed by atoms with Gasteiger partial charge in [0.1, 0.15) is 0 Å². The summed E-state index contributed by atoms with van der Waals surface area (Å²) in [5, 5.41) is 17.0. The molecule has 22 heavy (non-hydrogen) atoms. The van der Waals surface area contributed by atoms with Crippen LogP contribution in [0.1, 0.15) is 19.5 Å². The van der Waals surface area contributed by atoms with Gasteiger partial charge >= 0.3 is 6.03 Å². The summed E-state index contributed by atoms with van der Waals surface area (Å²) in [5.41, 5.74) is 1.42. The number of urea groups is 1. The first-order valence-electron chi connectivity index (χ1n) is 7.12. The summed E-state index contributed by atoms with van der Waals surface area (Å²) in [7, 11) is 1.65. The van der Waals surface area contributed by atoms with Crippen LogP contribution in [0.3, 0.4) is 0 Å². The number of aromatic nitrogens is 2. The third-order valence-electron chi connectivity index (χ3n) is 3.09. The van der Waals surface area contributed by atoms with E-state index in [2.05, 4.69) is 10.4 Å². The summed E-state index contributed by atoms with van der Waals surface area (Å²) >= 11 is 0. The van der Waals surface area contributed by atoms with Gasteiger partial charge in [-0.25, -0.2) is 9.48 Å².